The Hall–Kier alpha value is -2.27. The molecule has 0 aliphatic carbocycles. The molecule has 180 valence electrons. The van der Waals surface area contributed by atoms with Crippen LogP contribution in [-0.4, -0.2) is 35.2 Å². The molecule has 0 radical (unpaired) electrons. The molecule has 0 aromatic heterocycles. The number of benzene rings is 2. The minimum Gasteiger partial charge on any atom is -0.481 e. The van der Waals surface area contributed by atoms with Crippen molar-refractivity contribution in [1.29, 1.82) is 0 Å². The van der Waals surface area contributed by atoms with Gasteiger partial charge in [0.25, 0.3) is 0 Å². The van der Waals surface area contributed by atoms with Crippen molar-refractivity contribution in [2.45, 2.75) is 70.1 Å². The molecule has 2 unspecified atom stereocenters. The molecule has 0 aliphatic heterocycles. The minimum absolute atomic E-state index is 0.149. The Bertz CT molecular complexity index is 855. The van der Waals surface area contributed by atoms with Gasteiger partial charge in [-0.25, -0.2) is 0 Å². The quantitative estimate of drug-likeness (QED) is 0.234. The summed E-state index contributed by atoms with van der Waals surface area (Å²) in [5, 5.41) is 9.77. The number of carbonyl (C=O) groups is 2. The van der Waals surface area contributed by atoms with Crippen LogP contribution in [0.2, 0.25) is 0 Å². The molecule has 0 amide bonds. The van der Waals surface area contributed by atoms with Gasteiger partial charge < -0.3 is 9.84 Å². The lowest BCUT2D eigenvalue weighted by atomic mass is 9.78. The first-order valence-corrected chi connectivity index (χ1v) is 13.1. The second kappa shape index (κ2) is 13.4. The second-order valence-corrected chi connectivity index (χ2v) is 10.2. The Morgan fingerprint density at radius 2 is 1.24 bits per heavy atom. The molecule has 5 heteroatoms. The van der Waals surface area contributed by atoms with Crippen LogP contribution in [-0.2, 0) is 25.2 Å². The Morgan fingerprint density at radius 3 is 1.70 bits per heavy atom. The lowest BCUT2D eigenvalue weighted by Crippen LogP contribution is -2.34. The molecule has 2 rings (SSSR count). The number of thioether (sulfide) groups is 1. The standard InChI is InChI=1S/C28H38O4S/c1-4-32-26(31)28(3,24-17-9-6-10-18-24)20-12-14-22-33-21-13-11-19-27(2,25(29)30)23-15-7-5-8-16-23/h5-10,15-18H,4,11-14,19-22H2,1-3H3,(H,29,30). The topological polar surface area (TPSA) is 63.6 Å². The zero-order chi connectivity index (χ0) is 24.2. The summed E-state index contributed by atoms with van der Waals surface area (Å²) in [4.78, 5) is 24.6. The minimum atomic E-state index is -0.832. The fourth-order valence-electron chi connectivity index (χ4n) is 4.11. The predicted octanol–water partition coefficient (Wildman–Crippen LogP) is 6.62. The normalized spacial score (nSPS) is 14.8. The number of hydrogen-bond acceptors (Lipinski definition) is 4. The van der Waals surface area contributed by atoms with Gasteiger partial charge in [0.2, 0.25) is 0 Å². The van der Waals surface area contributed by atoms with Crippen molar-refractivity contribution in [3.63, 3.8) is 0 Å². The van der Waals surface area contributed by atoms with Gasteiger partial charge in [-0.1, -0.05) is 73.5 Å². The molecule has 2 aromatic rings. The van der Waals surface area contributed by atoms with Gasteiger partial charge in [-0.2, -0.15) is 11.8 Å². The molecule has 0 saturated carbocycles. The van der Waals surface area contributed by atoms with E-state index in [1.165, 1.54) is 0 Å². The summed E-state index contributed by atoms with van der Waals surface area (Å²) in [5.74, 6) is 1.16. The van der Waals surface area contributed by atoms with Crippen molar-refractivity contribution in [2.24, 2.45) is 0 Å². The average molecular weight is 471 g/mol. The predicted molar refractivity (Wildman–Crippen MR) is 137 cm³/mol. The summed E-state index contributed by atoms with van der Waals surface area (Å²) in [7, 11) is 0. The van der Waals surface area contributed by atoms with Crippen molar-refractivity contribution < 1.29 is 19.4 Å². The highest BCUT2D eigenvalue weighted by atomic mass is 32.2. The lowest BCUT2D eigenvalue weighted by molar-refractivity contribution is -0.150. The van der Waals surface area contributed by atoms with Crippen LogP contribution in [0.3, 0.4) is 0 Å². The van der Waals surface area contributed by atoms with Gasteiger partial charge in [0.05, 0.1) is 17.4 Å². The van der Waals surface area contributed by atoms with Crippen LogP contribution in [0, 0.1) is 0 Å². The third-order valence-corrected chi connectivity index (χ3v) is 7.61. The van der Waals surface area contributed by atoms with Crippen LogP contribution in [0.15, 0.2) is 60.7 Å². The maximum absolute atomic E-state index is 12.7. The highest BCUT2D eigenvalue weighted by molar-refractivity contribution is 7.99. The van der Waals surface area contributed by atoms with Gasteiger partial charge in [0.15, 0.2) is 0 Å². The van der Waals surface area contributed by atoms with Crippen LogP contribution in [0.4, 0.5) is 0 Å². The van der Waals surface area contributed by atoms with Crippen molar-refractivity contribution in [1.82, 2.24) is 0 Å². The lowest BCUT2D eigenvalue weighted by Gasteiger charge is -2.28. The first-order chi connectivity index (χ1) is 15.8. The number of aliphatic carboxylic acids is 1. The molecule has 0 saturated heterocycles. The molecule has 4 nitrogen and oxygen atoms in total. The largest absolute Gasteiger partial charge is 0.481 e. The smallest absolute Gasteiger partial charge is 0.316 e. The second-order valence-electron chi connectivity index (χ2n) is 8.95. The molecule has 2 atom stereocenters. The highest BCUT2D eigenvalue weighted by Gasteiger charge is 2.36. The number of carboxylic acids is 1. The zero-order valence-corrected chi connectivity index (χ0v) is 21.0. The number of rotatable bonds is 15. The van der Waals surface area contributed by atoms with Crippen molar-refractivity contribution in [2.75, 3.05) is 18.1 Å². The number of esters is 1. The van der Waals surface area contributed by atoms with E-state index in [2.05, 4.69) is 0 Å². The molecular weight excluding hydrogens is 432 g/mol. The van der Waals surface area contributed by atoms with Gasteiger partial charge in [0.1, 0.15) is 0 Å². The van der Waals surface area contributed by atoms with Gasteiger partial charge in [0, 0.05) is 0 Å². The third kappa shape index (κ3) is 7.63. The summed E-state index contributed by atoms with van der Waals surface area (Å²) < 4.78 is 5.37. The van der Waals surface area contributed by atoms with Gasteiger partial charge in [-0.05, 0) is 69.1 Å². The maximum atomic E-state index is 12.7. The summed E-state index contributed by atoms with van der Waals surface area (Å²) in [6.45, 7) is 6.05. The van der Waals surface area contributed by atoms with E-state index in [-0.39, 0.29) is 5.97 Å². The van der Waals surface area contributed by atoms with Gasteiger partial charge in [-0.3, -0.25) is 9.59 Å². The van der Waals surface area contributed by atoms with Crippen LogP contribution in [0.5, 0.6) is 0 Å². The fourth-order valence-corrected chi connectivity index (χ4v) is 5.13. The zero-order valence-electron chi connectivity index (χ0n) is 20.2. The molecule has 0 heterocycles. The molecule has 0 fully saturated rings. The Balaban J connectivity index is 1.71. The average Bonchev–Trinajstić information content (AvgIpc) is 2.83. The Labute approximate surface area is 203 Å². The fraction of sp³-hybridized carbons (Fsp3) is 0.500. The highest BCUT2D eigenvalue weighted by Crippen LogP contribution is 2.32. The van der Waals surface area contributed by atoms with Crippen molar-refractivity contribution in [3.8, 4) is 0 Å². The van der Waals surface area contributed by atoms with Crippen LogP contribution < -0.4 is 0 Å². The van der Waals surface area contributed by atoms with E-state index in [1.54, 1.807) is 0 Å². The number of carboxylic acid groups (broad SMARTS) is 1. The molecule has 1 N–H and O–H groups in total. The third-order valence-electron chi connectivity index (χ3n) is 6.45. The van der Waals surface area contributed by atoms with Crippen molar-refractivity contribution >= 4 is 23.7 Å². The number of unbranched alkanes of at least 4 members (excludes halogenated alkanes) is 2. The summed E-state index contributed by atoms with van der Waals surface area (Å²) in [6.07, 6.45) is 5.31. The van der Waals surface area contributed by atoms with Crippen LogP contribution >= 0.6 is 11.8 Å². The van der Waals surface area contributed by atoms with E-state index in [0.29, 0.717) is 13.0 Å². The van der Waals surface area contributed by atoms with Gasteiger partial charge in [-0.15, -0.1) is 0 Å². The Kier molecular flexibility index (Phi) is 11.0. The molecular formula is C28H38O4S. The SMILES string of the molecule is CCOC(=O)C(C)(CCCCSCCCCC(C)(C(=O)O)c1ccccc1)c1ccccc1. The number of hydrogen-bond donors (Lipinski definition) is 1. The summed E-state index contributed by atoms with van der Waals surface area (Å²) >= 11 is 1.91. The van der Waals surface area contributed by atoms with E-state index in [1.807, 2.05) is 93.2 Å². The number of ether oxygens (including phenoxy) is 1. The van der Waals surface area contributed by atoms with Crippen molar-refractivity contribution in [3.05, 3.63) is 71.8 Å². The molecule has 0 aliphatic rings. The van der Waals surface area contributed by atoms with E-state index >= 15 is 0 Å². The van der Waals surface area contributed by atoms with Crippen LogP contribution in [0.1, 0.15) is 70.4 Å². The van der Waals surface area contributed by atoms with E-state index in [0.717, 1.165) is 54.7 Å². The Morgan fingerprint density at radius 1 is 0.788 bits per heavy atom. The molecule has 33 heavy (non-hydrogen) atoms. The maximum Gasteiger partial charge on any atom is 0.316 e. The molecule has 2 aromatic carbocycles. The first-order valence-electron chi connectivity index (χ1n) is 11.9. The van der Waals surface area contributed by atoms with Gasteiger partial charge >= 0.3 is 11.9 Å². The van der Waals surface area contributed by atoms with E-state index < -0.39 is 16.8 Å². The molecule has 0 bridgehead atoms. The summed E-state index contributed by atoms with van der Waals surface area (Å²) in [6, 6.07) is 19.4. The van der Waals surface area contributed by atoms with E-state index in [9.17, 15) is 14.7 Å². The summed E-state index contributed by atoms with van der Waals surface area (Å²) in [5.41, 5.74) is 0.436. The van der Waals surface area contributed by atoms with Crippen LogP contribution in [0.25, 0.3) is 0 Å². The first kappa shape index (κ1) is 27.0. The number of carbonyl (C=O) groups excluding carboxylic acids is 1. The monoisotopic (exact) mass is 470 g/mol. The van der Waals surface area contributed by atoms with E-state index in [4.69, 9.17) is 4.74 Å². The molecule has 0 spiro atoms.